The van der Waals surface area contributed by atoms with E-state index in [0.29, 0.717) is 12.6 Å². The number of aryl methyl sites for hydroxylation is 1. The molecule has 0 saturated carbocycles. The van der Waals surface area contributed by atoms with E-state index in [-0.39, 0.29) is 0 Å². The molecule has 5 nitrogen and oxygen atoms in total. The first kappa shape index (κ1) is 12.8. The zero-order valence-electron chi connectivity index (χ0n) is 11.2. The van der Waals surface area contributed by atoms with Gasteiger partial charge in [-0.3, -0.25) is 0 Å². The van der Waals surface area contributed by atoms with Gasteiger partial charge in [0.1, 0.15) is 5.82 Å². The van der Waals surface area contributed by atoms with Gasteiger partial charge in [-0.05, 0) is 0 Å². The summed E-state index contributed by atoms with van der Waals surface area (Å²) in [5.74, 6) is 1.93. The van der Waals surface area contributed by atoms with Crippen LogP contribution in [-0.4, -0.2) is 20.7 Å². The highest BCUT2D eigenvalue weighted by molar-refractivity contribution is 5.07. The van der Waals surface area contributed by atoms with Crippen molar-refractivity contribution in [3.05, 3.63) is 35.7 Å². The van der Waals surface area contributed by atoms with Crippen LogP contribution >= 0.6 is 0 Å². The zero-order chi connectivity index (χ0) is 13.0. The Morgan fingerprint density at radius 1 is 1.44 bits per heavy atom. The predicted octanol–water partition coefficient (Wildman–Crippen LogP) is 1.98. The van der Waals surface area contributed by atoms with Crippen molar-refractivity contribution in [2.24, 2.45) is 0 Å². The van der Waals surface area contributed by atoms with E-state index < -0.39 is 0 Å². The molecule has 0 fully saturated rings. The van der Waals surface area contributed by atoms with Gasteiger partial charge in [-0.2, -0.15) is 0 Å². The van der Waals surface area contributed by atoms with Gasteiger partial charge in [-0.15, -0.1) is 0 Å². The van der Waals surface area contributed by atoms with Gasteiger partial charge in [0.05, 0.1) is 12.2 Å². The van der Waals surface area contributed by atoms with Crippen molar-refractivity contribution in [1.29, 1.82) is 0 Å². The summed E-state index contributed by atoms with van der Waals surface area (Å²) in [5.41, 5.74) is 0.942. The molecule has 0 aliphatic rings. The summed E-state index contributed by atoms with van der Waals surface area (Å²) >= 11 is 0. The largest absolute Gasteiger partial charge is 0.359 e. The maximum atomic E-state index is 5.33. The van der Waals surface area contributed by atoms with Crippen LogP contribution in [0.4, 0.5) is 0 Å². The third kappa shape index (κ3) is 3.20. The van der Waals surface area contributed by atoms with Gasteiger partial charge in [0.15, 0.2) is 5.76 Å². The molecular formula is C13H20N4O. The monoisotopic (exact) mass is 248 g/mol. The number of imidazole rings is 1. The van der Waals surface area contributed by atoms with Crippen LogP contribution in [0.2, 0.25) is 0 Å². The summed E-state index contributed by atoms with van der Waals surface area (Å²) in [4.78, 5) is 4.29. The molecule has 0 radical (unpaired) electrons. The van der Waals surface area contributed by atoms with E-state index in [1.54, 1.807) is 0 Å². The Morgan fingerprint density at radius 2 is 2.28 bits per heavy atom. The predicted molar refractivity (Wildman–Crippen MR) is 69.2 cm³/mol. The van der Waals surface area contributed by atoms with Crippen LogP contribution in [0.3, 0.4) is 0 Å². The molecule has 18 heavy (non-hydrogen) atoms. The lowest BCUT2D eigenvalue weighted by atomic mass is 10.3. The van der Waals surface area contributed by atoms with Crippen molar-refractivity contribution in [2.45, 2.75) is 46.3 Å². The molecule has 2 rings (SSSR count). The Hall–Kier alpha value is -1.62. The molecular weight excluding hydrogens is 228 g/mol. The fourth-order valence-electron chi connectivity index (χ4n) is 1.79. The summed E-state index contributed by atoms with van der Waals surface area (Å²) in [5, 5.41) is 7.37. The Morgan fingerprint density at radius 3 is 3.00 bits per heavy atom. The lowest BCUT2D eigenvalue weighted by Gasteiger charge is -2.04. The van der Waals surface area contributed by atoms with E-state index in [2.05, 4.69) is 40.8 Å². The average molecular weight is 248 g/mol. The second kappa shape index (κ2) is 5.82. The summed E-state index contributed by atoms with van der Waals surface area (Å²) in [6.07, 6.45) is 4.70. The Labute approximate surface area is 107 Å². The van der Waals surface area contributed by atoms with Crippen molar-refractivity contribution in [3.8, 4) is 0 Å². The molecule has 0 aliphatic carbocycles. The molecule has 0 amide bonds. The minimum atomic E-state index is 0.450. The lowest BCUT2D eigenvalue weighted by Crippen LogP contribution is -2.21. The van der Waals surface area contributed by atoms with E-state index in [1.165, 1.54) is 0 Å². The molecule has 1 N–H and O–H groups in total. The van der Waals surface area contributed by atoms with Crippen molar-refractivity contribution in [2.75, 3.05) is 0 Å². The van der Waals surface area contributed by atoms with Gasteiger partial charge in [-0.25, -0.2) is 4.98 Å². The number of rotatable bonds is 6. The first-order valence-electron chi connectivity index (χ1n) is 6.37. The maximum Gasteiger partial charge on any atom is 0.156 e. The molecule has 0 saturated heterocycles. The molecule has 98 valence electrons. The Kier molecular flexibility index (Phi) is 4.15. The van der Waals surface area contributed by atoms with Crippen LogP contribution in [0.25, 0.3) is 0 Å². The van der Waals surface area contributed by atoms with Gasteiger partial charge in [-0.1, -0.05) is 25.9 Å². The van der Waals surface area contributed by atoms with Crippen molar-refractivity contribution in [1.82, 2.24) is 20.0 Å². The van der Waals surface area contributed by atoms with E-state index >= 15 is 0 Å². The lowest BCUT2D eigenvalue weighted by molar-refractivity contribution is 0.366. The summed E-state index contributed by atoms with van der Waals surface area (Å²) in [7, 11) is 0. The number of aromatic nitrogens is 3. The van der Waals surface area contributed by atoms with E-state index in [1.807, 2.05) is 18.5 Å². The summed E-state index contributed by atoms with van der Waals surface area (Å²) in [6.45, 7) is 7.75. The molecule has 0 bridgehead atoms. The van der Waals surface area contributed by atoms with Gasteiger partial charge in [0.2, 0.25) is 0 Å². The van der Waals surface area contributed by atoms with Crippen LogP contribution in [0.1, 0.15) is 38.0 Å². The van der Waals surface area contributed by atoms with Crippen LogP contribution in [0, 0.1) is 0 Å². The molecule has 0 atom stereocenters. The zero-order valence-corrected chi connectivity index (χ0v) is 11.2. The van der Waals surface area contributed by atoms with E-state index in [4.69, 9.17) is 4.52 Å². The fourth-order valence-corrected chi connectivity index (χ4v) is 1.79. The molecule has 5 heteroatoms. The molecule has 2 aromatic heterocycles. The van der Waals surface area contributed by atoms with Crippen LogP contribution < -0.4 is 5.32 Å². The third-order valence-corrected chi connectivity index (χ3v) is 2.74. The highest BCUT2D eigenvalue weighted by Crippen LogP contribution is 2.08. The average Bonchev–Trinajstić information content (AvgIpc) is 2.96. The van der Waals surface area contributed by atoms with Crippen molar-refractivity contribution >= 4 is 0 Å². The van der Waals surface area contributed by atoms with E-state index in [0.717, 1.165) is 30.2 Å². The minimum Gasteiger partial charge on any atom is -0.359 e. The standard InChI is InChI=1S/C13H20N4O/c1-4-13-14-5-6-17(13)9-12-7-11(16-18-12)8-15-10(2)3/h5-7,10,15H,4,8-9H2,1-3H3. The topological polar surface area (TPSA) is 55.9 Å². The molecule has 0 aliphatic heterocycles. The number of nitrogens with one attached hydrogen (secondary N) is 1. The van der Waals surface area contributed by atoms with Gasteiger partial charge < -0.3 is 14.4 Å². The van der Waals surface area contributed by atoms with Crippen LogP contribution in [0.15, 0.2) is 23.0 Å². The molecule has 0 aromatic carbocycles. The Bertz CT molecular complexity index is 487. The summed E-state index contributed by atoms with van der Waals surface area (Å²) < 4.78 is 7.41. The second-order valence-corrected chi connectivity index (χ2v) is 4.65. The normalized spacial score (nSPS) is 11.3. The maximum absolute atomic E-state index is 5.33. The smallest absolute Gasteiger partial charge is 0.156 e. The van der Waals surface area contributed by atoms with Crippen molar-refractivity contribution in [3.63, 3.8) is 0 Å². The number of hydrogen-bond acceptors (Lipinski definition) is 4. The molecule has 2 heterocycles. The number of hydrogen-bond donors (Lipinski definition) is 1. The van der Waals surface area contributed by atoms with E-state index in [9.17, 15) is 0 Å². The fraction of sp³-hybridized carbons (Fsp3) is 0.538. The number of nitrogens with zero attached hydrogens (tertiary/aromatic N) is 3. The summed E-state index contributed by atoms with van der Waals surface area (Å²) in [6, 6.07) is 2.44. The second-order valence-electron chi connectivity index (χ2n) is 4.65. The first-order chi connectivity index (χ1) is 8.69. The Balaban J connectivity index is 1.98. The molecule has 0 spiro atoms. The van der Waals surface area contributed by atoms with Gasteiger partial charge in [0, 0.05) is 37.5 Å². The van der Waals surface area contributed by atoms with Gasteiger partial charge >= 0.3 is 0 Å². The minimum absolute atomic E-state index is 0.450. The SMILES string of the molecule is CCc1nccn1Cc1cc(CNC(C)C)no1. The highest BCUT2D eigenvalue weighted by Gasteiger charge is 2.07. The van der Waals surface area contributed by atoms with Gasteiger partial charge in [0.25, 0.3) is 0 Å². The molecule has 0 unspecified atom stereocenters. The molecule has 2 aromatic rings. The van der Waals surface area contributed by atoms with Crippen molar-refractivity contribution < 1.29 is 4.52 Å². The third-order valence-electron chi connectivity index (χ3n) is 2.74. The van der Waals surface area contributed by atoms with Crippen LogP contribution in [0.5, 0.6) is 0 Å². The first-order valence-corrected chi connectivity index (χ1v) is 6.37. The quantitative estimate of drug-likeness (QED) is 0.849. The van der Waals surface area contributed by atoms with Crippen LogP contribution in [-0.2, 0) is 19.5 Å². The highest BCUT2D eigenvalue weighted by atomic mass is 16.5.